The van der Waals surface area contributed by atoms with E-state index in [1.54, 1.807) is 25.6 Å². The standard InChI is InChI=1S/C23H23FN6O/c1-26-14-16(12-25)18-6-4-15(11-19(18)24)13-28-20-8-9-27-23-22(20)29-21(30-23)7-5-17-3-2-10-31-17/h2-4,6,8-12,14H,5,7,13,25H2,1H3,(H2,27,28,29,30)/b16-12+,26-14?. The lowest BCUT2D eigenvalue weighted by molar-refractivity contribution is 0.507. The molecule has 0 aliphatic rings. The van der Waals surface area contributed by atoms with Gasteiger partial charge in [-0.1, -0.05) is 12.1 Å². The number of furan rings is 1. The maximum absolute atomic E-state index is 14.6. The van der Waals surface area contributed by atoms with Gasteiger partial charge in [0.25, 0.3) is 0 Å². The molecule has 0 aliphatic carbocycles. The number of aromatic nitrogens is 3. The van der Waals surface area contributed by atoms with Crippen molar-refractivity contribution < 1.29 is 8.81 Å². The molecule has 1 aromatic carbocycles. The summed E-state index contributed by atoms with van der Waals surface area (Å²) >= 11 is 0. The van der Waals surface area contributed by atoms with Gasteiger partial charge in [-0.25, -0.2) is 14.4 Å². The first-order chi connectivity index (χ1) is 15.2. The lowest BCUT2D eigenvalue weighted by Gasteiger charge is -2.09. The zero-order valence-corrected chi connectivity index (χ0v) is 17.1. The summed E-state index contributed by atoms with van der Waals surface area (Å²) in [7, 11) is 1.62. The summed E-state index contributed by atoms with van der Waals surface area (Å²) in [4.78, 5) is 16.1. The number of nitrogens with two attached hydrogens (primary N) is 1. The Bertz CT molecular complexity index is 1230. The number of hydrogen-bond donors (Lipinski definition) is 3. The van der Waals surface area contributed by atoms with Gasteiger partial charge in [0.1, 0.15) is 22.9 Å². The SMILES string of the molecule is CN=C/C(=C\N)c1ccc(CNc2ccnc3nc(CCc4ccco4)[nH]c23)cc1F. The number of anilines is 1. The smallest absolute Gasteiger partial charge is 0.179 e. The van der Waals surface area contributed by atoms with Crippen LogP contribution in [-0.2, 0) is 19.4 Å². The molecule has 0 bridgehead atoms. The number of fused-ring (bicyclic) bond motifs is 1. The van der Waals surface area contributed by atoms with Crippen molar-refractivity contribution in [3.8, 4) is 0 Å². The first-order valence-electron chi connectivity index (χ1n) is 9.90. The van der Waals surface area contributed by atoms with E-state index in [2.05, 4.69) is 25.3 Å². The fourth-order valence-corrected chi connectivity index (χ4v) is 3.36. The molecular weight excluding hydrogens is 395 g/mol. The van der Waals surface area contributed by atoms with Crippen LogP contribution in [0.15, 0.2) is 64.5 Å². The molecule has 158 valence electrons. The number of rotatable bonds is 8. The molecule has 4 rings (SSSR count). The van der Waals surface area contributed by atoms with E-state index in [0.717, 1.165) is 34.8 Å². The molecule has 0 saturated heterocycles. The third-order valence-corrected chi connectivity index (χ3v) is 4.90. The Morgan fingerprint density at radius 2 is 2.19 bits per heavy atom. The van der Waals surface area contributed by atoms with E-state index < -0.39 is 0 Å². The van der Waals surface area contributed by atoms with E-state index >= 15 is 0 Å². The molecule has 4 N–H and O–H groups in total. The van der Waals surface area contributed by atoms with Crippen molar-refractivity contribution in [3.05, 3.63) is 83.6 Å². The van der Waals surface area contributed by atoms with Crippen LogP contribution in [0.25, 0.3) is 16.7 Å². The Morgan fingerprint density at radius 3 is 2.94 bits per heavy atom. The number of pyridine rings is 1. The lowest BCUT2D eigenvalue weighted by atomic mass is 10.0. The number of aryl methyl sites for hydroxylation is 2. The van der Waals surface area contributed by atoms with Crippen LogP contribution in [0.3, 0.4) is 0 Å². The highest BCUT2D eigenvalue weighted by Crippen LogP contribution is 2.22. The van der Waals surface area contributed by atoms with Crippen LogP contribution in [0.1, 0.15) is 22.7 Å². The number of aliphatic imine (C=N–C) groups is 1. The molecule has 0 amide bonds. The average Bonchev–Trinajstić information content (AvgIpc) is 3.44. The average molecular weight is 418 g/mol. The van der Waals surface area contributed by atoms with Gasteiger partial charge in [0.2, 0.25) is 0 Å². The second-order valence-electron chi connectivity index (χ2n) is 7.00. The number of aromatic amines is 1. The van der Waals surface area contributed by atoms with Crippen molar-refractivity contribution in [2.45, 2.75) is 19.4 Å². The Kier molecular flexibility index (Phi) is 6.07. The first kappa shape index (κ1) is 20.3. The summed E-state index contributed by atoms with van der Waals surface area (Å²) in [6.07, 6.45) is 7.72. The molecule has 4 aromatic rings. The normalized spacial score (nSPS) is 12.1. The Morgan fingerprint density at radius 1 is 1.29 bits per heavy atom. The van der Waals surface area contributed by atoms with Crippen LogP contribution in [0.4, 0.5) is 10.1 Å². The Balaban J connectivity index is 1.48. The summed E-state index contributed by atoms with van der Waals surface area (Å²) in [5, 5.41) is 3.34. The molecule has 7 nitrogen and oxygen atoms in total. The summed E-state index contributed by atoms with van der Waals surface area (Å²) in [5.74, 6) is 1.40. The van der Waals surface area contributed by atoms with Gasteiger partial charge >= 0.3 is 0 Å². The van der Waals surface area contributed by atoms with Crippen LogP contribution < -0.4 is 11.1 Å². The topological polar surface area (TPSA) is 105 Å². The van der Waals surface area contributed by atoms with Gasteiger partial charge in [0.15, 0.2) is 5.65 Å². The molecule has 0 fully saturated rings. The molecule has 0 aliphatic heterocycles. The van der Waals surface area contributed by atoms with E-state index in [1.807, 2.05) is 24.3 Å². The van der Waals surface area contributed by atoms with Gasteiger partial charge < -0.3 is 20.5 Å². The van der Waals surface area contributed by atoms with Gasteiger partial charge in [0, 0.05) is 56.2 Å². The Labute approximate surface area is 178 Å². The summed E-state index contributed by atoms with van der Waals surface area (Å²) in [6.45, 7) is 0.445. The second kappa shape index (κ2) is 9.25. The zero-order chi connectivity index (χ0) is 21.6. The number of nitrogens with one attached hydrogen (secondary N) is 2. The number of nitrogens with zero attached hydrogens (tertiary/aromatic N) is 3. The van der Waals surface area contributed by atoms with Crippen molar-refractivity contribution in [3.63, 3.8) is 0 Å². The first-order valence-corrected chi connectivity index (χ1v) is 9.90. The highest BCUT2D eigenvalue weighted by Gasteiger charge is 2.11. The number of halogens is 1. The van der Waals surface area contributed by atoms with E-state index in [-0.39, 0.29) is 5.82 Å². The third kappa shape index (κ3) is 4.63. The third-order valence-electron chi connectivity index (χ3n) is 4.90. The quantitative estimate of drug-likeness (QED) is 0.374. The maximum Gasteiger partial charge on any atom is 0.179 e. The minimum atomic E-state index is -0.350. The molecule has 31 heavy (non-hydrogen) atoms. The largest absolute Gasteiger partial charge is 0.469 e. The van der Waals surface area contributed by atoms with Crippen molar-refractivity contribution >= 4 is 28.6 Å². The number of hydrogen-bond acceptors (Lipinski definition) is 6. The van der Waals surface area contributed by atoms with Gasteiger partial charge in [0.05, 0.1) is 12.0 Å². The predicted octanol–water partition coefficient (Wildman–Crippen LogP) is 4.09. The number of benzene rings is 1. The van der Waals surface area contributed by atoms with Gasteiger partial charge in [-0.05, 0) is 29.8 Å². The molecule has 0 spiro atoms. The molecule has 8 heteroatoms. The maximum atomic E-state index is 14.6. The van der Waals surface area contributed by atoms with Gasteiger partial charge in [-0.2, -0.15) is 0 Å². The lowest BCUT2D eigenvalue weighted by Crippen LogP contribution is -2.02. The number of imidazole rings is 1. The van der Waals surface area contributed by atoms with Gasteiger partial charge in [-0.15, -0.1) is 0 Å². The van der Waals surface area contributed by atoms with E-state index in [0.29, 0.717) is 29.7 Å². The Hall–Kier alpha value is -3.94. The fraction of sp³-hybridized carbons (Fsp3) is 0.174. The van der Waals surface area contributed by atoms with E-state index in [4.69, 9.17) is 10.2 Å². The molecule has 3 heterocycles. The summed E-state index contributed by atoms with van der Waals surface area (Å²) in [5.41, 5.74) is 9.65. The van der Waals surface area contributed by atoms with Crippen LogP contribution >= 0.6 is 0 Å². The minimum absolute atomic E-state index is 0.350. The molecular formula is C23H23FN6O. The number of allylic oxidation sites excluding steroid dienone is 1. The second-order valence-corrected chi connectivity index (χ2v) is 7.00. The van der Waals surface area contributed by atoms with E-state index in [9.17, 15) is 4.39 Å². The van der Waals surface area contributed by atoms with Crippen molar-refractivity contribution in [1.82, 2.24) is 15.0 Å². The monoisotopic (exact) mass is 418 g/mol. The van der Waals surface area contributed by atoms with Crippen LogP contribution in [0.5, 0.6) is 0 Å². The molecule has 0 radical (unpaired) electrons. The van der Waals surface area contributed by atoms with Crippen molar-refractivity contribution in [2.24, 2.45) is 10.7 Å². The van der Waals surface area contributed by atoms with Crippen LogP contribution in [-0.4, -0.2) is 28.2 Å². The summed E-state index contributed by atoms with van der Waals surface area (Å²) in [6, 6.07) is 10.7. The van der Waals surface area contributed by atoms with Crippen molar-refractivity contribution in [1.29, 1.82) is 0 Å². The fourth-order valence-electron chi connectivity index (χ4n) is 3.36. The molecule has 0 unspecified atom stereocenters. The summed E-state index contributed by atoms with van der Waals surface area (Å²) < 4.78 is 20.0. The minimum Gasteiger partial charge on any atom is -0.469 e. The zero-order valence-electron chi connectivity index (χ0n) is 17.1. The van der Waals surface area contributed by atoms with Crippen LogP contribution in [0.2, 0.25) is 0 Å². The van der Waals surface area contributed by atoms with Crippen LogP contribution in [0, 0.1) is 5.82 Å². The number of H-pyrrole nitrogens is 1. The highest BCUT2D eigenvalue weighted by molar-refractivity contribution is 6.09. The highest BCUT2D eigenvalue weighted by atomic mass is 19.1. The molecule has 0 saturated carbocycles. The predicted molar refractivity (Wildman–Crippen MR) is 120 cm³/mol. The molecule has 3 aromatic heterocycles. The van der Waals surface area contributed by atoms with Crippen molar-refractivity contribution in [2.75, 3.05) is 12.4 Å². The van der Waals surface area contributed by atoms with E-state index in [1.165, 1.54) is 18.5 Å². The molecule has 0 atom stereocenters. The van der Waals surface area contributed by atoms with Gasteiger partial charge in [-0.3, -0.25) is 4.99 Å².